The van der Waals surface area contributed by atoms with Gasteiger partial charge in [0, 0.05) is 25.5 Å². The monoisotopic (exact) mass is 183 g/mol. The Labute approximate surface area is 81.2 Å². The minimum absolute atomic E-state index is 0.791. The molecule has 0 aromatic heterocycles. The second-order valence-electron chi connectivity index (χ2n) is 3.56. The van der Waals surface area contributed by atoms with Gasteiger partial charge in [0.25, 0.3) is 0 Å². The van der Waals surface area contributed by atoms with E-state index in [-0.39, 0.29) is 0 Å². The van der Waals surface area contributed by atoms with Gasteiger partial charge in [0.15, 0.2) is 0 Å². The Morgan fingerprint density at radius 1 is 1.15 bits per heavy atom. The molecule has 0 fully saturated rings. The number of nitrogens with two attached hydrogens (primary N) is 1. The van der Waals surface area contributed by atoms with Crippen molar-refractivity contribution in [3.8, 4) is 0 Å². The van der Waals surface area contributed by atoms with Crippen LogP contribution < -0.4 is 5.73 Å². The molecule has 76 valence electrons. The lowest BCUT2D eigenvalue weighted by Crippen LogP contribution is -2.27. The summed E-state index contributed by atoms with van der Waals surface area (Å²) in [4.78, 5) is 4.68. The molecular formula is C10H21N3. The van der Waals surface area contributed by atoms with E-state index in [0.29, 0.717) is 0 Å². The van der Waals surface area contributed by atoms with E-state index < -0.39 is 0 Å². The molecule has 0 bridgehead atoms. The molecule has 3 nitrogen and oxygen atoms in total. The highest BCUT2D eigenvalue weighted by Gasteiger charge is 2.09. The fraction of sp³-hybridized carbons (Fsp3) is 0.800. The molecule has 1 aliphatic heterocycles. The molecule has 0 spiro atoms. The number of unbranched alkanes of at least 4 members (excludes halogenated alkanes) is 1. The van der Waals surface area contributed by atoms with Crippen molar-refractivity contribution in [2.75, 3.05) is 26.3 Å². The highest BCUT2D eigenvalue weighted by molar-refractivity contribution is 4.90. The van der Waals surface area contributed by atoms with Gasteiger partial charge in [0.05, 0.1) is 6.67 Å². The molecule has 0 atom stereocenters. The topological polar surface area (TPSA) is 32.5 Å². The van der Waals surface area contributed by atoms with Gasteiger partial charge >= 0.3 is 0 Å². The normalized spacial score (nSPS) is 15.8. The minimum atomic E-state index is 0.791. The average Bonchev–Trinajstić information content (AvgIpc) is 2.59. The largest absolute Gasteiger partial charge is 0.359 e. The second-order valence-corrected chi connectivity index (χ2v) is 3.56. The molecule has 0 saturated carbocycles. The molecule has 0 unspecified atom stereocenters. The van der Waals surface area contributed by atoms with Gasteiger partial charge in [-0.15, -0.1) is 0 Å². The Morgan fingerprint density at radius 2 is 1.77 bits per heavy atom. The van der Waals surface area contributed by atoms with Gasteiger partial charge in [-0.05, 0) is 19.4 Å². The summed E-state index contributed by atoms with van der Waals surface area (Å²) in [6.07, 6.45) is 8.01. The van der Waals surface area contributed by atoms with Gasteiger partial charge in [-0.2, -0.15) is 0 Å². The lowest BCUT2D eigenvalue weighted by Gasteiger charge is -2.20. The summed E-state index contributed by atoms with van der Waals surface area (Å²) >= 11 is 0. The van der Waals surface area contributed by atoms with Crippen LogP contribution in [-0.2, 0) is 0 Å². The van der Waals surface area contributed by atoms with Crippen LogP contribution >= 0.6 is 0 Å². The SMILES string of the molecule is CCCCN1C=CN(CCCN)C1. The van der Waals surface area contributed by atoms with Crippen LogP contribution in [0.15, 0.2) is 12.4 Å². The molecule has 0 radical (unpaired) electrons. The third-order valence-electron chi connectivity index (χ3n) is 2.30. The van der Waals surface area contributed by atoms with Crippen molar-refractivity contribution in [1.82, 2.24) is 9.80 Å². The van der Waals surface area contributed by atoms with Gasteiger partial charge in [0.1, 0.15) is 0 Å². The van der Waals surface area contributed by atoms with E-state index in [0.717, 1.165) is 26.2 Å². The van der Waals surface area contributed by atoms with E-state index in [9.17, 15) is 0 Å². The van der Waals surface area contributed by atoms with E-state index in [1.54, 1.807) is 0 Å². The number of hydrogen-bond acceptors (Lipinski definition) is 3. The molecule has 0 aliphatic carbocycles. The Balaban J connectivity index is 2.10. The zero-order chi connectivity index (χ0) is 9.52. The number of rotatable bonds is 6. The summed E-state index contributed by atoms with van der Waals surface area (Å²) in [5.74, 6) is 0. The molecule has 0 saturated heterocycles. The van der Waals surface area contributed by atoms with E-state index >= 15 is 0 Å². The second kappa shape index (κ2) is 5.86. The zero-order valence-corrected chi connectivity index (χ0v) is 8.58. The van der Waals surface area contributed by atoms with E-state index in [1.807, 2.05) is 0 Å². The predicted molar refractivity (Wildman–Crippen MR) is 56.0 cm³/mol. The molecule has 0 aromatic carbocycles. The third-order valence-corrected chi connectivity index (χ3v) is 2.30. The predicted octanol–water partition coefficient (Wildman–Crippen LogP) is 1.18. The lowest BCUT2D eigenvalue weighted by atomic mass is 10.3. The first kappa shape index (κ1) is 10.4. The van der Waals surface area contributed by atoms with Crippen LogP contribution in [0.3, 0.4) is 0 Å². The summed E-state index contributed by atoms with van der Waals surface area (Å²) in [5.41, 5.74) is 5.46. The smallest absolute Gasteiger partial charge is 0.0893 e. The van der Waals surface area contributed by atoms with Crippen LogP contribution in [-0.4, -0.2) is 36.1 Å². The van der Waals surface area contributed by atoms with Crippen molar-refractivity contribution in [3.05, 3.63) is 12.4 Å². The number of hydrogen-bond donors (Lipinski definition) is 1. The maximum absolute atomic E-state index is 5.46. The summed E-state index contributed by atoms with van der Waals surface area (Å²) in [5, 5.41) is 0. The van der Waals surface area contributed by atoms with Crippen LogP contribution in [0, 0.1) is 0 Å². The molecule has 13 heavy (non-hydrogen) atoms. The molecule has 1 aliphatic rings. The van der Waals surface area contributed by atoms with Crippen LogP contribution in [0.4, 0.5) is 0 Å². The van der Waals surface area contributed by atoms with Crippen LogP contribution in [0.25, 0.3) is 0 Å². The maximum Gasteiger partial charge on any atom is 0.0893 e. The highest BCUT2D eigenvalue weighted by Crippen LogP contribution is 2.07. The Morgan fingerprint density at radius 3 is 2.31 bits per heavy atom. The minimum Gasteiger partial charge on any atom is -0.359 e. The van der Waals surface area contributed by atoms with Crippen molar-refractivity contribution in [1.29, 1.82) is 0 Å². The Kier molecular flexibility index (Phi) is 4.68. The first-order chi connectivity index (χ1) is 6.36. The molecule has 3 heteroatoms. The summed E-state index contributed by atoms with van der Waals surface area (Å²) in [6.45, 7) is 6.35. The first-order valence-corrected chi connectivity index (χ1v) is 5.23. The Hall–Kier alpha value is -0.700. The summed E-state index contributed by atoms with van der Waals surface area (Å²) in [7, 11) is 0. The maximum atomic E-state index is 5.46. The van der Waals surface area contributed by atoms with Crippen molar-refractivity contribution in [3.63, 3.8) is 0 Å². The van der Waals surface area contributed by atoms with Gasteiger partial charge in [0.2, 0.25) is 0 Å². The van der Waals surface area contributed by atoms with Gasteiger partial charge < -0.3 is 15.5 Å². The van der Waals surface area contributed by atoms with Crippen molar-refractivity contribution in [2.24, 2.45) is 5.73 Å². The van der Waals surface area contributed by atoms with E-state index in [4.69, 9.17) is 5.73 Å². The summed E-state index contributed by atoms with van der Waals surface area (Å²) < 4.78 is 0. The molecule has 1 rings (SSSR count). The Bertz CT molecular complexity index is 140. The molecular weight excluding hydrogens is 162 g/mol. The third kappa shape index (κ3) is 3.68. The molecule has 2 N–H and O–H groups in total. The van der Waals surface area contributed by atoms with E-state index in [1.165, 1.54) is 19.4 Å². The van der Waals surface area contributed by atoms with Crippen molar-refractivity contribution >= 4 is 0 Å². The van der Waals surface area contributed by atoms with Crippen molar-refractivity contribution in [2.45, 2.75) is 26.2 Å². The van der Waals surface area contributed by atoms with E-state index in [2.05, 4.69) is 29.1 Å². The van der Waals surface area contributed by atoms with Crippen LogP contribution in [0.1, 0.15) is 26.2 Å². The highest BCUT2D eigenvalue weighted by atomic mass is 15.3. The quantitative estimate of drug-likeness (QED) is 0.671. The van der Waals surface area contributed by atoms with Crippen LogP contribution in [0.2, 0.25) is 0 Å². The standard InChI is InChI=1S/C10H21N3/c1-2-3-6-12-8-9-13(10-12)7-4-5-11/h8-9H,2-7,10-11H2,1H3. The fourth-order valence-electron chi connectivity index (χ4n) is 1.46. The van der Waals surface area contributed by atoms with Gasteiger partial charge in [-0.1, -0.05) is 13.3 Å². The lowest BCUT2D eigenvalue weighted by molar-refractivity contribution is 0.261. The molecule has 1 heterocycles. The van der Waals surface area contributed by atoms with Gasteiger partial charge in [-0.25, -0.2) is 0 Å². The van der Waals surface area contributed by atoms with Gasteiger partial charge in [-0.3, -0.25) is 0 Å². The molecule has 0 aromatic rings. The average molecular weight is 183 g/mol. The van der Waals surface area contributed by atoms with Crippen molar-refractivity contribution < 1.29 is 0 Å². The fourth-order valence-corrected chi connectivity index (χ4v) is 1.46. The first-order valence-electron chi connectivity index (χ1n) is 5.23. The van der Waals surface area contributed by atoms with Crippen LogP contribution in [0.5, 0.6) is 0 Å². The zero-order valence-electron chi connectivity index (χ0n) is 8.58. The molecule has 0 amide bonds. The number of nitrogens with zero attached hydrogens (tertiary/aromatic N) is 2. The summed E-state index contributed by atoms with van der Waals surface area (Å²) in [6, 6.07) is 0.